The first-order valence-corrected chi connectivity index (χ1v) is 13.3. The number of rotatable bonds is 5. The van der Waals surface area contributed by atoms with Crippen LogP contribution in [0.5, 0.6) is 11.5 Å². The van der Waals surface area contributed by atoms with Crippen molar-refractivity contribution in [1.29, 1.82) is 0 Å². The molecule has 0 amide bonds. The van der Waals surface area contributed by atoms with Crippen molar-refractivity contribution in [3.05, 3.63) is 57.6 Å². The maximum atomic E-state index is 6.79. The summed E-state index contributed by atoms with van der Waals surface area (Å²) < 4.78 is 12.0. The molecular weight excluding hydrogens is 452 g/mol. The number of hydrogen-bond donors (Lipinski definition) is 0. The second-order valence-corrected chi connectivity index (χ2v) is 14.3. The molecule has 0 unspecified atom stereocenters. The average molecular weight is 501 g/mol. The average Bonchev–Trinajstić information content (AvgIpc) is 2.70. The van der Waals surface area contributed by atoms with Gasteiger partial charge in [-0.05, 0) is 32.8 Å². The largest absolute Gasteiger partial charge is 0.496 e. The van der Waals surface area contributed by atoms with Crippen molar-refractivity contribution in [2.45, 2.75) is 111 Å². The van der Waals surface area contributed by atoms with Crippen LogP contribution < -0.4 is 9.47 Å². The second-order valence-electron chi connectivity index (χ2n) is 14.0. The van der Waals surface area contributed by atoms with Gasteiger partial charge in [-0.2, -0.15) is 0 Å². The lowest BCUT2D eigenvalue weighted by atomic mass is 9.74. The molecule has 0 aromatic heterocycles. The Kier molecular flexibility index (Phi) is 8.45. The van der Waals surface area contributed by atoms with Crippen molar-refractivity contribution in [1.82, 2.24) is 0 Å². The van der Waals surface area contributed by atoms with Crippen LogP contribution in [0.15, 0.2) is 24.3 Å². The third-order valence-corrected chi connectivity index (χ3v) is 7.13. The molecule has 2 nitrogen and oxygen atoms in total. The van der Waals surface area contributed by atoms with Gasteiger partial charge >= 0.3 is 0 Å². The molecule has 0 atom stereocenters. The summed E-state index contributed by atoms with van der Waals surface area (Å²) in [6.07, 6.45) is 0. The van der Waals surface area contributed by atoms with Gasteiger partial charge in [-0.15, -0.1) is 11.6 Å². The van der Waals surface area contributed by atoms with Crippen molar-refractivity contribution in [3.63, 3.8) is 0 Å². The molecule has 0 aliphatic carbocycles. The lowest BCUT2D eigenvalue weighted by Gasteiger charge is -2.33. The highest BCUT2D eigenvalue weighted by molar-refractivity contribution is 6.18. The minimum atomic E-state index is -0.0642. The molecule has 0 radical (unpaired) electrons. The number of methoxy groups -OCH3 is 2. The van der Waals surface area contributed by atoms with E-state index in [1.165, 1.54) is 33.4 Å². The van der Waals surface area contributed by atoms with Crippen molar-refractivity contribution in [2.24, 2.45) is 0 Å². The smallest absolute Gasteiger partial charge is 0.126 e. The van der Waals surface area contributed by atoms with Gasteiger partial charge in [-0.25, -0.2) is 0 Å². The lowest BCUT2D eigenvalue weighted by Crippen LogP contribution is -2.22. The Labute approximate surface area is 220 Å². The van der Waals surface area contributed by atoms with Crippen LogP contribution >= 0.6 is 11.6 Å². The molecule has 0 saturated carbocycles. The van der Waals surface area contributed by atoms with Crippen LogP contribution in [-0.4, -0.2) is 20.1 Å². The van der Waals surface area contributed by atoms with Gasteiger partial charge in [-0.1, -0.05) is 107 Å². The van der Waals surface area contributed by atoms with E-state index in [4.69, 9.17) is 21.1 Å². The molecule has 0 saturated heterocycles. The number of halogens is 1. The van der Waals surface area contributed by atoms with E-state index in [2.05, 4.69) is 107 Å². The summed E-state index contributed by atoms with van der Waals surface area (Å²) in [5, 5.41) is 0. The summed E-state index contributed by atoms with van der Waals surface area (Å²) >= 11 is 6.79. The quantitative estimate of drug-likeness (QED) is 0.381. The topological polar surface area (TPSA) is 18.5 Å². The van der Waals surface area contributed by atoms with Gasteiger partial charge in [0.15, 0.2) is 0 Å². The third kappa shape index (κ3) is 6.37. The van der Waals surface area contributed by atoms with Crippen LogP contribution in [0.3, 0.4) is 0 Å². The van der Waals surface area contributed by atoms with Gasteiger partial charge in [0.1, 0.15) is 11.5 Å². The van der Waals surface area contributed by atoms with Crippen molar-refractivity contribution in [2.75, 3.05) is 20.1 Å². The number of ether oxygens (including phenoxy) is 2. The minimum absolute atomic E-state index is 0.0536. The van der Waals surface area contributed by atoms with E-state index in [-0.39, 0.29) is 27.6 Å². The minimum Gasteiger partial charge on any atom is -0.496 e. The Morgan fingerprint density at radius 2 is 0.771 bits per heavy atom. The van der Waals surface area contributed by atoms with E-state index in [1.54, 1.807) is 14.2 Å². The van der Waals surface area contributed by atoms with E-state index in [0.717, 1.165) is 11.5 Å². The Balaban J connectivity index is 2.96. The Hall–Kier alpha value is -1.67. The van der Waals surface area contributed by atoms with E-state index in [1.807, 2.05) is 0 Å². The number of hydrogen-bond acceptors (Lipinski definition) is 2. The summed E-state index contributed by atoms with van der Waals surface area (Å²) in [6.45, 7) is 27.0. The fourth-order valence-corrected chi connectivity index (χ4v) is 5.10. The van der Waals surface area contributed by atoms with Gasteiger partial charge in [0.2, 0.25) is 0 Å². The maximum Gasteiger partial charge on any atom is 0.126 e. The van der Waals surface area contributed by atoms with E-state index < -0.39 is 0 Å². The van der Waals surface area contributed by atoms with Crippen LogP contribution in [0.4, 0.5) is 0 Å². The summed E-state index contributed by atoms with van der Waals surface area (Å²) in [4.78, 5) is 0. The first-order chi connectivity index (χ1) is 15.8. The Bertz CT molecular complexity index is 884. The highest BCUT2D eigenvalue weighted by Gasteiger charge is 2.32. The molecule has 0 aliphatic heterocycles. The predicted octanol–water partition coefficient (Wildman–Crippen LogP) is 9.26. The molecule has 0 fully saturated rings. The monoisotopic (exact) mass is 500 g/mol. The molecule has 0 heterocycles. The molecule has 0 aliphatic rings. The highest BCUT2D eigenvalue weighted by Crippen LogP contribution is 2.46. The van der Waals surface area contributed by atoms with Gasteiger partial charge in [0, 0.05) is 34.1 Å². The highest BCUT2D eigenvalue weighted by atomic mass is 35.5. The van der Waals surface area contributed by atoms with Gasteiger partial charge < -0.3 is 9.47 Å². The van der Waals surface area contributed by atoms with Crippen LogP contribution in [0.25, 0.3) is 0 Å². The standard InChI is InChI=1S/C32H49ClO2/c1-29(2,3)23-15-20(16-24(27(23)34-13)30(4,5)6)22(19-33)21-17-25(31(7,8)9)28(35-14)26(18-21)32(10,11)12/h15-18,22H,19H2,1-14H3. The fourth-order valence-electron chi connectivity index (χ4n) is 4.74. The SMILES string of the molecule is COc1c(C(C)(C)C)cc(C(CCl)c2cc(C(C)(C)C)c(OC)c(C(C)(C)C)c2)cc1C(C)(C)C. The van der Waals surface area contributed by atoms with Gasteiger partial charge in [0.25, 0.3) is 0 Å². The zero-order valence-corrected chi connectivity index (χ0v) is 25.5. The van der Waals surface area contributed by atoms with Gasteiger partial charge in [0.05, 0.1) is 14.2 Å². The van der Waals surface area contributed by atoms with Crippen LogP contribution in [0, 0.1) is 0 Å². The summed E-state index contributed by atoms with van der Waals surface area (Å²) in [5.41, 5.74) is 7.10. The zero-order chi connectivity index (χ0) is 27.1. The fraction of sp³-hybridized carbons (Fsp3) is 0.625. The molecule has 2 rings (SSSR count). The Morgan fingerprint density at radius 3 is 0.914 bits per heavy atom. The molecule has 196 valence electrons. The molecule has 0 bridgehead atoms. The zero-order valence-electron chi connectivity index (χ0n) is 24.8. The van der Waals surface area contributed by atoms with Crippen molar-refractivity contribution in [3.8, 4) is 11.5 Å². The van der Waals surface area contributed by atoms with Crippen molar-refractivity contribution >= 4 is 11.6 Å². The summed E-state index contributed by atoms with van der Waals surface area (Å²) in [5.74, 6) is 2.53. The van der Waals surface area contributed by atoms with Crippen LogP contribution in [0.2, 0.25) is 0 Å². The van der Waals surface area contributed by atoms with Crippen LogP contribution in [0.1, 0.15) is 122 Å². The molecule has 0 spiro atoms. The maximum absolute atomic E-state index is 6.79. The van der Waals surface area contributed by atoms with E-state index >= 15 is 0 Å². The first kappa shape index (κ1) is 29.6. The molecule has 0 N–H and O–H groups in total. The predicted molar refractivity (Wildman–Crippen MR) is 153 cm³/mol. The number of alkyl halides is 1. The van der Waals surface area contributed by atoms with Gasteiger partial charge in [-0.3, -0.25) is 0 Å². The molecule has 35 heavy (non-hydrogen) atoms. The molecular formula is C32H49ClO2. The lowest BCUT2D eigenvalue weighted by molar-refractivity contribution is 0.380. The van der Waals surface area contributed by atoms with Crippen molar-refractivity contribution < 1.29 is 9.47 Å². The third-order valence-electron chi connectivity index (χ3n) is 6.82. The molecule has 2 aromatic rings. The normalized spacial score (nSPS) is 13.4. The molecule has 2 aromatic carbocycles. The molecule has 3 heteroatoms. The van der Waals surface area contributed by atoms with Crippen LogP contribution in [-0.2, 0) is 21.7 Å². The van der Waals surface area contributed by atoms with E-state index in [9.17, 15) is 0 Å². The van der Waals surface area contributed by atoms with E-state index in [0.29, 0.717) is 5.88 Å². The second kappa shape index (κ2) is 10.0. The summed E-state index contributed by atoms with van der Waals surface area (Å²) in [7, 11) is 3.57. The number of benzene rings is 2. The Morgan fingerprint density at radius 1 is 0.543 bits per heavy atom. The first-order valence-electron chi connectivity index (χ1n) is 12.8. The summed E-state index contributed by atoms with van der Waals surface area (Å²) in [6, 6.07) is 9.27.